The highest BCUT2D eigenvalue weighted by molar-refractivity contribution is 7.92. The fourth-order valence-electron chi connectivity index (χ4n) is 3.51. The number of benzene rings is 2. The minimum absolute atomic E-state index is 0.176. The fraction of sp³-hybridized carbons (Fsp3) is 0.417. The van der Waals surface area contributed by atoms with Crippen LogP contribution in [0.2, 0.25) is 0 Å². The second-order valence-corrected chi connectivity index (χ2v) is 9.62. The van der Waals surface area contributed by atoms with Crippen LogP contribution in [0.15, 0.2) is 48.5 Å². The van der Waals surface area contributed by atoms with E-state index in [1.807, 2.05) is 38.1 Å². The summed E-state index contributed by atoms with van der Waals surface area (Å²) in [6.45, 7) is 5.64. The van der Waals surface area contributed by atoms with Gasteiger partial charge in [-0.05, 0) is 38.0 Å². The van der Waals surface area contributed by atoms with Crippen molar-refractivity contribution in [1.29, 1.82) is 0 Å². The van der Waals surface area contributed by atoms with Gasteiger partial charge in [0.25, 0.3) is 0 Å². The zero-order valence-corrected chi connectivity index (χ0v) is 20.7. The van der Waals surface area contributed by atoms with E-state index in [-0.39, 0.29) is 18.1 Å². The first-order valence-corrected chi connectivity index (χ1v) is 12.7. The molecule has 0 radical (unpaired) electrons. The molecular weight excluding hydrogens is 442 g/mol. The van der Waals surface area contributed by atoms with Gasteiger partial charge in [-0.25, -0.2) is 8.42 Å². The number of aryl methyl sites for hydroxylation is 1. The number of anilines is 1. The third-order valence-corrected chi connectivity index (χ3v) is 6.35. The van der Waals surface area contributed by atoms with Crippen molar-refractivity contribution in [2.45, 2.75) is 39.8 Å². The zero-order chi connectivity index (χ0) is 24.6. The molecule has 1 atom stereocenters. The number of rotatable bonds is 11. The van der Waals surface area contributed by atoms with E-state index < -0.39 is 28.5 Å². The Balaban J connectivity index is 2.46. The highest BCUT2D eigenvalue weighted by Gasteiger charge is 2.32. The van der Waals surface area contributed by atoms with E-state index in [0.717, 1.165) is 21.7 Å². The molecule has 0 heterocycles. The highest BCUT2D eigenvalue weighted by atomic mass is 32.2. The van der Waals surface area contributed by atoms with Crippen LogP contribution in [0, 0.1) is 6.92 Å². The molecule has 0 bridgehead atoms. The molecular formula is C24H33N3O5S. The van der Waals surface area contributed by atoms with Crippen LogP contribution in [0.3, 0.4) is 0 Å². The molecule has 2 aromatic rings. The number of amides is 2. The van der Waals surface area contributed by atoms with E-state index in [0.29, 0.717) is 18.8 Å². The Hall–Kier alpha value is -3.07. The molecule has 0 saturated heterocycles. The van der Waals surface area contributed by atoms with Crippen molar-refractivity contribution < 1.29 is 22.7 Å². The van der Waals surface area contributed by atoms with Gasteiger partial charge in [0.05, 0.1) is 18.6 Å². The van der Waals surface area contributed by atoms with E-state index in [2.05, 4.69) is 5.32 Å². The van der Waals surface area contributed by atoms with Gasteiger partial charge in [-0.3, -0.25) is 13.9 Å². The van der Waals surface area contributed by atoms with Crippen molar-refractivity contribution in [3.8, 4) is 5.75 Å². The van der Waals surface area contributed by atoms with Gasteiger partial charge < -0.3 is 15.0 Å². The Labute approximate surface area is 196 Å². The molecule has 0 fully saturated rings. The van der Waals surface area contributed by atoms with E-state index in [1.54, 1.807) is 31.2 Å². The van der Waals surface area contributed by atoms with Gasteiger partial charge in [0.1, 0.15) is 18.3 Å². The van der Waals surface area contributed by atoms with Crippen molar-refractivity contribution in [3.63, 3.8) is 0 Å². The average molecular weight is 476 g/mol. The summed E-state index contributed by atoms with van der Waals surface area (Å²) in [6, 6.07) is 13.6. The van der Waals surface area contributed by atoms with Crippen molar-refractivity contribution in [1.82, 2.24) is 10.2 Å². The Bertz CT molecular complexity index is 1050. The molecule has 0 aliphatic heterocycles. The number of ether oxygens (including phenoxy) is 1. The molecule has 0 spiro atoms. The fourth-order valence-corrected chi connectivity index (χ4v) is 4.36. The van der Waals surface area contributed by atoms with Gasteiger partial charge in [-0.2, -0.15) is 0 Å². The number of nitrogens with zero attached hydrogens (tertiary/aromatic N) is 2. The first-order valence-electron chi connectivity index (χ1n) is 10.9. The first kappa shape index (κ1) is 26.2. The maximum absolute atomic E-state index is 13.5. The third-order valence-electron chi connectivity index (χ3n) is 5.22. The molecule has 1 N–H and O–H groups in total. The number of sulfonamides is 1. The summed E-state index contributed by atoms with van der Waals surface area (Å²) < 4.78 is 32.0. The number of likely N-dealkylation sites (N-methyl/N-ethyl adjacent to an activating group) is 1. The highest BCUT2D eigenvalue weighted by Crippen LogP contribution is 2.30. The quantitative estimate of drug-likeness (QED) is 0.539. The van der Waals surface area contributed by atoms with Crippen LogP contribution in [0.4, 0.5) is 5.69 Å². The van der Waals surface area contributed by atoms with E-state index >= 15 is 0 Å². The normalized spacial score (nSPS) is 12.0. The van der Waals surface area contributed by atoms with Gasteiger partial charge in [-0.15, -0.1) is 0 Å². The van der Waals surface area contributed by atoms with Crippen LogP contribution in [0.1, 0.15) is 31.4 Å². The van der Waals surface area contributed by atoms with Crippen molar-refractivity contribution in [2.24, 2.45) is 0 Å². The number of hydrogen-bond acceptors (Lipinski definition) is 5. The number of nitrogens with one attached hydrogen (secondary N) is 1. The van der Waals surface area contributed by atoms with Gasteiger partial charge in [0.15, 0.2) is 0 Å². The van der Waals surface area contributed by atoms with Crippen LogP contribution in [0.5, 0.6) is 5.75 Å². The summed E-state index contributed by atoms with van der Waals surface area (Å²) in [6.07, 6.45) is 1.43. The maximum Gasteiger partial charge on any atom is 0.244 e. The van der Waals surface area contributed by atoms with Gasteiger partial charge in [-0.1, -0.05) is 48.9 Å². The molecule has 2 amide bonds. The number of carbonyl (C=O) groups is 2. The summed E-state index contributed by atoms with van der Waals surface area (Å²) in [5.41, 5.74) is 2.20. The van der Waals surface area contributed by atoms with Gasteiger partial charge in [0.2, 0.25) is 21.8 Å². The SMILES string of the molecule is CCOc1ccccc1N(CC(=O)N(Cc1ccc(C)cc1)[C@@H](CC)C(=O)NC)S(C)(=O)=O. The third kappa shape index (κ3) is 6.95. The largest absolute Gasteiger partial charge is 0.492 e. The molecule has 0 aromatic heterocycles. The Morgan fingerprint density at radius 3 is 2.24 bits per heavy atom. The Kier molecular flexibility index (Phi) is 9.28. The lowest BCUT2D eigenvalue weighted by atomic mass is 10.1. The van der Waals surface area contributed by atoms with Crippen LogP contribution < -0.4 is 14.4 Å². The maximum atomic E-state index is 13.5. The van der Waals surface area contributed by atoms with Crippen LogP contribution >= 0.6 is 0 Å². The molecule has 9 heteroatoms. The second-order valence-electron chi connectivity index (χ2n) is 7.72. The minimum atomic E-state index is -3.82. The summed E-state index contributed by atoms with van der Waals surface area (Å²) in [7, 11) is -2.30. The van der Waals surface area contributed by atoms with Crippen LogP contribution in [-0.4, -0.2) is 57.6 Å². The van der Waals surface area contributed by atoms with Crippen LogP contribution in [-0.2, 0) is 26.2 Å². The zero-order valence-electron chi connectivity index (χ0n) is 19.9. The molecule has 0 aliphatic rings. The predicted octanol–water partition coefficient (Wildman–Crippen LogP) is 2.71. The lowest BCUT2D eigenvalue weighted by Gasteiger charge is -2.33. The average Bonchev–Trinajstić information content (AvgIpc) is 2.78. The molecule has 0 unspecified atom stereocenters. The topological polar surface area (TPSA) is 96.0 Å². The smallest absolute Gasteiger partial charge is 0.244 e. The Morgan fingerprint density at radius 2 is 1.70 bits per heavy atom. The van der Waals surface area contributed by atoms with E-state index in [4.69, 9.17) is 4.74 Å². The predicted molar refractivity (Wildman–Crippen MR) is 130 cm³/mol. The summed E-state index contributed by atoms with van der Waals surface area (Å²) >= 11 is 0. The summed E-state index contributed by atoms with van der Waals surface area (Å²) in [5.74, 6) is -0.428. The standard InChI is InChI=1S/C24H33N3O5S/c1-6-20(24(29)25-4)26(16-19-14-12-18(3)13-15-19)23(28)17-27(33(5,30)31)21-10-8-9-11-22(21)32-7-2/h8-15,20H,6-7,16-17H2,1-5H3,(H,25,29)/t20-/m0/s1. The van der Waals surface area contributed by atoms with E-state index in [9.17, 15) is 18.0 Å². The lowest BCUT2D eigenvalue weighted by molar-refractivity contribution is -0.140. The number of para-hydroxylation sites is 2. The van der Waals surface area contributed by atoms with Crippen LogP contribution in [0.25, 0.3) is 0 Å². The number of carbonyl (C=O) groups excluding carboxylic acids is 2. The second kappa shape index (κ2) is 11.7. The van der Waals surface area contributed by atoms with Crippen molar-refractivity contribution >= 4 is 27.5 Å². The monoisotopic (exact) mass is 475 g/mol. The van der Waals surface area contributed by atoms with Crippen molar-refractivity contribution in [3.05, 3.63) is 59.7 Å². The molecule has 2 rings (SSSR count). The van der Waals surface area contributed by atoms with E-state index in [1.165, 1.54) is 11.9 Å². The molecule has 2 aromatic carbocycles. The first-order chi connectivity index (χ1) is 15.6. The number of hydrogen-bond donors (Lipinski definition) is 1. The minimum Gasteiger partial charge on any atom is -0.492 e. The molecule has 33 heavy (non-hydrogen) atoms. The molecule has 0 aliphatic carbocycles. The van der Waals surface area contributed by atoms with Gasteiger partial charge >= 0.3 is 0 Å². The van der Waals surface area contributed by atoms with Gasteiger partial charge in [0, 0.05) is 13.6 Å². The lowest BCUT2D eigenvalue weighted by Crippen LogP contribution is -2.51. The molecule has 8 nitrogen and oxygen atoms in total. The summed E-state index contributed by atoms with van der Waals surface area (Å²) in [5, 5.41) is 2.60. The molecule has 180 valence electrons. The molecule has 0 saturated carbocycles. The summed E-state index contributed by atoms with van der Waals surface area (Å²) in [4.78, 5) is 27.5. The Morgan fingerprint density at radius 1 is 1.06 bits per heavy atom. The van der Waals surface area contributed by atoms with Crippen molar-refractivity contribution in [2.75, 3.05) is 30.8 Å².